The molecule has 0 spiro atoms. The van der Waals surface area contributed by atoms with Gasteiger partial charge in [0.15, 0.2) is 12.8 Å². The Bertz CT molecular complexity index is 121. The van der Waals surface area contributed by atoms with Gasteiger partial charge in [-0.1, -0.05) is 0 Å². The SMILES string of the molecule is NC1=C[NH+]=CCO1.[Cl-]. The molecule has 0 aromatic heterocycles. The zero-order valence-corrected chi connectivity index (χ0v) is 4.98. The fraction of sp³-hybridized carbons (Fsp3) is 0.250. The number of hydrogen-bond donors (Lipinski definition) is 2. The van der Waals surface area contributed by atoms with Crippen molar-refractivity contribution in [2.75, 3.05) is 6.61 Å². The minimum Gasteiger partial charge on any atom is -1.00 e. The first-order chi connectivity index (χ1) is 3.39. The smallest absolute Gasteiger partial charge is 0.250 e. The summed E-state index contributed by atoms with van der Waals surface area (Å²) in [7, 11) is 0. The molecule has 0 aromatic carbocycles. The van der Waals surface area contributed by atoms with Crippen LogP contribution in [0.1, 0.15) is 0 Å². The van der Waals surface area contributed by atoms with Gasteiger partial charge >= 0.3 is 0 Å². The normalized spacial score (nSPS) is 15.8. The molecule has 0 fully saturated rings. The van der Waals surface area contributed by atoms with E-state index < -0.39 is 0 Å². The second-order valence-electron chi connectivity index (χ2n) is 1.23. The lowest BCUT2D eigenvalue weighted by Crippen LogP contribution is -3.00. The molecule has 0 saturated heterocycles. The van der Waals surface area contributed by atoms with Crippen LogP contribution in [0.3, 0.4) is 0 Å². The van der Waals surface area contributed by atoms with E-state index in [0.29, 0.717) is 12.5 Å². The van der Waals surface area contributed by atoms with Gasteiger partial charge in [-0.15, -0.1) is 0 Å². The van der Waals surface area contributed by atoms with Gasteiger partial charge < -0.3 is 22.9 Å². The summed E-state index contributed by atoms with van der Waals surface area (Å²) >= 11 is 0. The number of nitrogens with one attached hydrogen (secondary N) is 1. The van der Waals surface area contributed by atoms with Gasteiger partial charge in [-0.3, -0.25) is 0 Å². The van der Waals surface area contributed by atoms with Gasteiger partial charge in [0.05, 0.1) is 0 Å². The Labute approximate surface area is 53.6 Å². The summed E-state index contributed by atoms with van der Waals surface area (Å²) in [5.74, 6) is 0.447. The average Bonchev–Trinajstić information content (AvgIpc) is 1.69. The van der Waals surface area contributed by atoms with Gasteiger partial charge in [-0.05, 0) is 0 Å². The molecule has 1 heterocycles. The molecule has 8 heavy (non-hydrogen) atoms. The Morgan fingerprint density at radius 2 is 2.50 bits per heavy atom. The molecule has 3 N–H and O–H groups in total. The fourth-order valence-electron chi connectivity index (χ4n) is 0.369. The van der Waals surface area contributed by atoms with Crippen LogP contribution in [0.4, 0.5) is 0 Å². The van der Waals surface area contributed by atoms with Crippen LogP contribution in [0.5, 0.6) is 0 Å². The lowest BCUT2D eigenvalue weighted by atomic mass is 10.7. The van der Waals surface area contributed by atoms with Gasteiger partial charge in [0.1, 0.15) is 0 Å². The summed E-state index contributed by atoms with van der Waals surface area (Å²) in [5.41, 5.74) is 5.19. The molecule has 0 radical (unpaired) electrons. The van der Waals surface area contributed by atoms with E-state index in [9.17, 15) is 0 Å². The maximum Gasteiger partial charge on any atom is 0.250 e. The molecule has 1 rings (SSSR count). The van der Waals surface area contributed by atoms with E-state index in [2.05, 4.69) is 4.99 Å². The molecule has 0 amide bonds. The van der Waals surface area contributed by atoms with Gasteiger partial charge in [-0.25, -0.2) is 4.99 Å². The van der Waals surface area contributed by atoms with Crippen LogP contribution in [0.15, 0.2) is 12.1 Å². The molecule has 0 aromatic rings. The zero-order chi connectivity index (χ0) is 5.11. The van der Waals surface area contributed by atoms with E-state index in [-0.39, 0.29) is 12.4 Å². The molecule has 1 aliphatic rings. The van der Waals surface area contributed by atoms with E-state index in [0.717, 1.165) is 0 Å². The molecule has 0 atom stereocenters. The number of nitrogens with two attached hydrogens (primary N) is 1. The first kappa shape index (κ1) is 7.30. The van der Waals surface area contributed by atoms with Crippen LogP contribution in [-0.2, 0) is 4.74 Å². The predicted molar refractivity (Wildman–Crippen MR) is 25.2 cm³/mol. The van der Waals surface area contributed by atoms with E-state index in [4.69, 9.17) is 10.5 Å². The Hall–Kier alpha value is -0.700. The Balaban J connectivity index is 0.000000490. The van der Waals surface area contributed by atoms with Crippen molar-refractivity contribution in [3.63, 3.8) is 0 Å². The molecule has 0 unspecified atom stereocenters. The van der Waals surface area contributed by atoms with Crippen molar-refractivity contribution in [2.45, 2.75) is 0 Å². The number of halogens is 1. The van der Waals surface area contributed by atoms with Crippen LogP contribution in [0, 0.1) is 0 Å². The number of hydrogen-bond acceptors (Lipinski definition) is 2. The third-order valence-corrected chi connectivity index (χ3v) is 0.677. The third-order valence-electron chi connectivity index (χ3n) is 0.677. The first-order valence-electron chi connectivity index (χ1n) is 2.06. The predicted octanol–water partition coefficient (Wildman–Crippen LogP) is -5.07. The van der Waals surface area contributed by atoms with E-state index in [1.54, 1.807) is 12.4 Å². The third kappa shape index (κ3) is 1.84. The molecule has 0 aliphatic carbocycles. The van der Waals surface area contributed by atoms with Crippen molar-refractivity contribution in [3.8, 4) is 0 Å². The van der Waals surface area contributed by atoms with Crippen LogP contribution in [0.2, 0.25) is 0 Å². The second kappa shape index (κ2) is 3.32. The molecule has 0 saturated carbocycles. The standard InChI is InChI=1S/C4H6N2O.ClH/c5-4-3-6-1-2-7-4;/h1,3H,2,5H2;1H. The largest absolute Gasteiger partial charge is 1.00 e. The monoisotopic (exact) mass is 134 g/mol. The summed E-state index contributed by atoms with van der Waals surface area (Å²) in [6.45, 7) is 0.558. The van der Waals surface area contributed by atoms with E-state index in [1.807, 2.05) is 0 Å². The van der Waals surface area contributed by atoms with E-state index in [1.165, 1.54) is 0 Å². The summed E-state index contributed by atoms with van der Waals surface area (Å²) in [5, 5.41) is 0. The Morgan fingerprint density at radius 3 is 2.75 bits per heavy atom. The maximum atomic E-state index is 5.19. The van der Waals surface area contributed by atoms with Gasteiger partial charge in [0.2, 0.25) is 6.20 Å². The van der Waals surface area contributed by atoms with Crippen LogP contribution >= 0.6 is 0 Å². The topological polar surface area (TPSA) is 49.2 Å². The first-order valence-corrected chi connectivity index (χ1v) is 2.06. The summed E-state index contributed by atoms with van der Waals surface area (Å²) < 4.78 is 4.80. The number of ether oxygens (including phenoxy) is 1. The fourth-order valence-corrected chi connectivity index (χ4v) is 0.369. The highest BCUT2D eigenvalue weighted by Gasteiger charge is 1.95. The van der Waals surface area contributed by atoms with E-state index >= 15 is 0 Å². The molecule has 46 valence electrons. The zero-order valence-electron chi connectivity index (χ0n) is 4.23. The van der Waals surface area contributed by atoms with Crippen molar-refractivity contribution < 1.29 is 22.1 Å². The lowest BCUT2D eigenvalue weighted by molar-refractivity contribution is -0.377. The Morgan fingerprint density at radius 1 is 1.75 bits per heavy atom. The highest BCUT2D eigenvalue weighted by Crippen LogP contribution is 1.79. The summed E-state index contributed by atoms with van der Waals surface area (Å²) in [6.07, 6.45) is 3.37. The molecular formula is C4H7ClN2O. The molecule has 3 nitrogen and oxygen atoms in total. The van der Waals surface area contributed by atoms with Crippen LogP contribution in [-0.4, -0.2) is 12.8 Å². The lowest BCUT2D eigenvalue weighted by Gasteiger charge is -1.98. The van der Waals surface area contributed by atoms with Crippen LogP contribution in [0.25, 0.3) is 0 Å². The highest BCUT2D eigenvalue weighted by molar-refractivity contribution is 5.52. The molecule has 1 aliphatic heterocycles. The van der Waals surface area contributed by atoms with Crippen molar-refractivity contribution >= 4 is 6.21 Å². The minimum atomic E-state index is 0. The van der Waals surface area contributed by atoms with Crippen molar-refractivity contribution in [1.82, 2.24) is 0 Å². The molecule has 0 bridgehead atoms. The highest BCUT2D eigenvalue weighted by atomic mass is 35.5. The van der Waals surface area contributed by atoms with Gasteiger partial charge in [0.25, 0.3) is 5.88 Å². The molecule has 4 heteroatoms. The quantitative estimate of drug-likeness (QED) is 0.349. The second-order valence-corrected chi connectivity index (χ2v) is 1.23. The van der Waals surface area contributed by atoms with Crippen molar-refractivity contribution in [3.05, 3.63) is 12.1 Å². The molecular weight excluding hydrogens is 128 g/mol. The minimum absolute atomic E-state index is 0. The van der Waals surface area contributed by atoms with Gasteiger partial charge in [-0.2, -0.15) is 0 Å². The summed E-state index contributed by atoms with van der Waals surface area (Å²) in [6, 6.07) is 0. The Kier molecular flexibility index (Phi) is 3.03. The number of rotatable bonds is 0. The van der Waals surface area contributed by atoms with Crippen molar-refractivity contribution in [2.24, 2.45) is 5.73 Å². The summed E-state index contributed by atoms with van der Waals surface area (Å²) in [4.78, 5) is 2.80. The maximum absolute atomic E-state index is 5.19. The van der Waals surface area contributed by atoms with Gasteiger partial charge in [0, 0.05) is 0 Å². The van der Waals surface area contributed by atoms with Crippen molar-refractivity contribution in [1.29, 1.82) is 0 Å². The van der Waals surface area contributed by atoms with Crippen LogP contribution < -0.4 is 23.1 Å². The average molecular weight is 135 g/mol.